The van der Waals surface area contributed by atoms with Crippen molar-refractivity contribution in [2.45, 2.75) is 12.7 Å². The van der Waals surface area contributed by atoms with Gasteiger partial charge in [-0.2, -0.15) is 0 Å². The zero-order chi connectivity index (χ0) is 9.35. The molecule has 0 saturated heterocycles. The second-order valence-electron chi connectivity index (χ2n) is 2.51. The van der Waals surface area contributed by atoms with E-state index in [4.69, 9.17) is 14.2 Å². The van der Waals surface area contributed by atoms with Gasteiger partial charge in [-0.15, -0.1) is 0 Å². The fourth-order valence-electron chi connectivity index (χ4n) is 1.38. The topological polar surface area (TPSA) is 44.8 Å². The van der Waals surface area contributed by atoms with Crippen LogP contribution in [0.4, 0.5) is 0 Å². The van der Waals surface area contributed by atoms with Gasteiger partial charge in [-0.05, 0) is 6.92 Å². The van der Waals surface area contributed by atoms with Crippen molar-refractivity contribution >= 4 is 5.78 Å². The zero-order valence-electron chi connectivity index (χ0n) is 7.63. The van der Waals surface area contributed by atoms with E-state index >= 15 is 0 Å². The van der Waals surface area contributed by atoms with Gasteiger partial charge in [0.1, 0.15) is 0 Å². The zero-order valence-corrected chi connectivity index (χ0v) is 7.63. The molecule has 0 atom stereocenters. The summed E-state index contributed by atoms with van der Waals surface area (Å²) in [7, 11) is 4.30. The standard InChI is InChI=1S/C8H12O4/c1-5-6(9)8(11-3,12-4)7(5)10-2/h1-4H3. The molecule has 0 radical (unpaired) electrons. The molecule has 0 spiro atoms. The number of rotatable bonds is 3. The fraction of sp³-hybridized carbons (Fsp3) is 0.625. The Morgan fingerprint density at radius 2 is 1.67 bits per heavy atom. The Morgan fingerprint density at radius 1 is 1.17 bits per heavy atom. The molecular weight excluding hydrogens is 160 g/mol. The molecule has 4 heteroatoms. The van der Waals surface area contributed by atoms with Crippen molar-refractivity contribution in [2.24, 2.45) is 0 Å². The molecule has 1 aliphatic rings. The van der Waals surface area contributed by atoms with E-state index in [9.17, 15) is 4.79 Å². The molecule has 68 valence electrons. The first kappa shape index (κ1) is 9.22. The van der Waals surface area contributed by atoms with E-state index in [0.29, 0.717) is 11.3 Å². The van der Waals surface area contributed by atoms with Crippen LogP contribution in [0.5, 0.6) is 0 Å². The summed E-state index contributed by atoms with van der Waals surface area (Å²) in [5, 5.41) is 0. The SMILES string of the molecule is COC1=C(C)C(=O)C1(OC)OC. The lowest BCUT2D eigenvalue weighted by Gasteiger charge is -2.38. The fourth-order valence-corrected chi connectivity index (χ4v) is 1.38. The summed E-state index contributed by atoms with van der Waals surface area (Å²) < 4.78 is 14.9. The number of carbonyl (C=O) groups excluding carboxylic acids is 1. The molecule has 0 bridgehead atoms. The monoisotopic (exact) mass is 172 g/mol. The molecule has 0 saturated carbocycles. The molecular formula is C8H12O4. The lowest BCUT2D eigenvalue weighted by Crippen LogP contribution is -2.54. The lowest BCUT2D eigenvalue weighted by atomic mass is 9.88. The van der Waals surface area contributed by atoms with Gasteiger partial charge in [0.05, 0.1) is 7.11 Å². The van der Waals surface area contributed by atoms with Crippen LogP contribution in [0.1, 0.15) is 6.92 Å². The predicted octanol–water partition coefficient (Wildman–Crippen LogP) is 0.479. The molecule has 1 aliphatic carbocycles. The molecule has 0 aromatic carbocycles. The third kappa shape index (κ3) is 0.820. The average Bonchev–Trinajstić information content (AvgIpc) is 2.12. The van der Waals surface area contributed by atoms with Gasteiger partial charge in [0.2, 0.25) is 5.78 Å². The van der Waals surface area contributed by atoms with Crippen molar-refractivity contribution < 1.29 is 19.0 Å². The van der Waals surface area contributed by atoms with Gasteiger partial charge >= 0.3 is 0 Å². The highest BCUT2D eigenvalue weighted by Crippen LogP contribution is 2.38. The van der Waals surface area contributed by atoms with Crippen LogP contribution in [-0.2, 0) is 19.0 Å². The molecule has 1 rings (SSSR count). The second-order valence-corrected chi connectivity index (χ2v) is 2.51. The Morgan fingerprint density at radius 3 is 1.92 bits per heavy atom. The molecule has 0 amide bonds. The highest BCUT2D eigenvalue weighted by atomic mass is 16.7. The summed E-state index contributed by atoms with van der Waals surface area (Å²) in [6.45, 7) is 1.68. The van der Waals surface area contributed by atoms with Crippen molar-refractivity contribution in [3.05, 3.63) is 11.3 Å². The van der Waals surface area contributed by atoms with Gasteiger partial charge in [-0.25, -0.2) is 0 Å². The molecule has 0 aromatic rings. The summed E-state index contributed by atoms with van der Waals surface area (Å²) in [5.41, 5.74) is 0.557. The lowest BCUT2D eigenvalue weighted by molar-refractivity contribution is -0.211. The third-order valence-electron chi connectivity index (χ3n) is 2.06. The van der Waals surface area contributed by atoms with Gasteiger partial charge in [0, 0.05) is 19.8 Å². The van der Waals surface area contributed by atoms with Crippen molar-refractivity contribution in [3.63, 3.8) is 0 Å². The van der Waals surface area contributed by atoms with E-state index in [1.54, 1.807) is 6.92 Å². The molecule has 0 fully saturated rings. The molecule has 0 aliphatic heterocycles. The van der Waals surface area contributed by atoms with E-state index < -0.39 is 5.79 Å². The van der Waals surface area contributed by atoms with E-state index in [0.717, 1.165) is 0 Å². The Hall–Kier alpha value is -0.870. The Labute approximate surface area is 71.1 Å². The number of ketones is 1. The first-order valence-corrected chi connectivity index (χ1v) is 3.54. The van der Waals surface area contributed by atoms with Crippen LogP contribution in [0.15, 0.2) is 11.3 Å². The normalized spacial score (nSPS) is 20.8. The third-order valence-corrected chi connectivity index (χ3v) is 2.06. The predicted molar refractivity (Wildman–Crippen MR) is 41.5 cm³/mol. The van der Waals surface area contributed by atoms with Crippen molar-refractivity contribution in [1.82, 2.24) is 0 Å². The van der Waals surface area contributed by atoms with Crippen LogP contribution in [0.3, 0.4) is 0 Å². The quantitative estimate of drug-likeness (QED) is 0.581. The van der Waals surface area contributed by atoms with Crippen LogP contribution < -0.4 is 0 Å². The molecule has 0 N–H and O–H groups in total. The largest absolute Gasteiger partial charge is 0.494 e. The van der Waals surface area contributed by atoms with Gasteiger partial charge < -0.3 is 14.2 Å². The summed E-state index contributed by atoms with van der Waals surface area (Å²) in [5.74, 6) is -0.999. The van der Waals surface area contributed by atoms with Crippen molar-refractivity contribution in [1.29, 1.82) is 0 Å². The number of Topliss-reactive ketones (excluding diaryl/α,β-unsaturated/α-hetero) is 1. The summed E-state index contributed by atoms with van der Waals surface area (Å²) in [6.07, 6.45) is 0. The van der Waals surface area contributed by atoms with Gasteiger partial charge in [0.25, 0.3) is 5.79 Å². The minimum absolute atomic E-state index is 0.177. The van der Waals surface area contributed by atoms with E-state index in [-0.39, 0.29) is 5.78 Å². The first-order valence-electron chi connectivity index (χ1n) is 3.54. The van der Waals surface area contributed by atoms with Gasteiger partial charge in [0.15, 0.2) is 5.76 Å². The maximum atomic E-state index is 11.3. The molecule has 0 heterocycles. The number of ether oxygens (including phenoxy) is 3. The highest BCUT2D eigenvalue weighted by Gasteiger charge is 2.55. The smallest absolute Gasteiger partial charge is 0.293 e. The van der Waals surface area contributed by atoms with Crippen LogP contribution >= 0.6 is 0 Å². The van der Waals surface area contributed by atoms with Crippen LogP contribution in [-0.4, -0.2) is 32.9 Å². The Bertz CT molecular complexity index is 237. The Kier molecular flexibility index (Phi) is 2.21. The number of carbonyl (C=O) groups is 1. The van der Waals surface area contributed by atoms with Crippen LogP contribution in [0.25, 0.3) is 0 Å². The number of hydrogen-bond acceptors (Lipinski definition) is 4. The maximum Gasteiger partial charge on any atom is 0.293 e. The van der Waals surface area contributed by atoms with Crippen molar-refractivity contribution in [3.8, 4) is 0 Å². The molecule has 12 heavy (non-hydrogen) atoms. The summed E-state index contributed by atoms with van der Waals surface area (Å²) in [6, 6.07) is 0. The maximum absolute atomic E-state index is 11.3. The van der Waals surface area contributed by atoms with Crippen molar-refractivity contribution in [2.75, 3.05) is 21.3 Å². The molecule has 0 aromatic heterocycles. The highest BCUT2D eigenvalue weighted by molar-refractivity contribution is 6.10. The number of methoxy groups -OCH3 is 3. The molecule has 0 unspecified atom stereocenters. The van der Waals surface area contributed by atoms with Crippen LogP contribution in [0, 0.1) is 0 Å². The summed E-state index contributed by atoms with van der Waals surface area (Å²) >= 11 is 0. The van der Waals surface area contributed by atoms with Crippen LogP contribution in [0.2, 0.25) is 0 Å². The van der Waals surface area contributed by atoms with E-state index in [2.05, 4.69) is 0 Å². The minimum Gasteiger partial charge on any atom is -0.494 e. The average molecular weight is 172 g/mol. The van der Waals surface area contributed by atoms with Gasteiger partial charge in [-0.1, -0.05) is 0 Å². The van der Waals surface area contributed by atoms with Gasteiger partial charge in [-0.3, -0.25) is 4.79 Å². The Balaban J connectivity index is 3.03. The first-order chi connectivity index (χ1) is 5.64. The van der Waals surface area contributed by atoms with E-state index in [1.807, 2.05) is 0 Å². The second kappa shape index (κ2) is 2.88. The van der Waals surface area contributed by atoms with E-state index in [1.165, 1.54) is 21.3 Å². The minimum atomic E-state index is -1.28. The number of hydrogen-bond donors (Lipinski definition) is 0. The molecule has 4 nitrogen and oxygen atoms in total. The summed E-state index contributed by atoms with van der Waals surface area (Å²) in [4.78, 5) is 11.3.